The fourth-order valence-electron chi connectivity index (χ4n) is 3.42. The number of piperidine rings is 1. The number of hydrogen-bond donors (Lipinski definition) is 0. The number of aryl methyl sites for hydroxylation is 1. The highest BCUT2D eigenvalue weighted by Crippen LogP contribution is 2.29. The molecule has 26 heavy (non-hydrogen) atoms. The Balaban J connectivity index is 1.70. The van der Waals surface area contributed by atoms with Crippen LogP contribution < -0.4 is 0 Å². The molecule has 6 heteroatoms. The van der Waals surface area contributed by atoms with Gasteiger partial charge < -0.3 is 4.90 Å². The summed E-state index contributed by atoms with van der Waals surface area (Å²) in [4.78, 5) is 23.8. The first-order chi connectivity index (χ1) is 12.4. The molecular formula is C20H29N5O. The third kappa shape index (κ3) is 4.11. The molecule has 0 aromatic carbocycles. The van der Waals surface area contributed by atoms with Crippen LogP contribution in [0.5, 0.6) is 0 Å². The predicted octanol–water partition coefficient (Wildman–Crippen LogP) is 3.50. The summed E-state index contributed by atoms with van der Waals surface area (Å²) in [5.74, 6) is 0.481. The molecular weight excluding hydrogens is 326 g/mol. The van der Waals surface area contributed by atoms with Crippen molar-refractivity contribution < 1.29 is 4.79 Å². The van der Waals surface area contributed by atoms with Crippen LogP contribution >= 0.6 is 0 Å². The lowest BCUT2D eigenvalue weighted by Gasteiger charge is -2.36. The maximum absolute atomic E-state index is 12.6. The maximum atomic E-state index is 12.6. The smallest absolute Gasteiger partial charge is 0.227 e. The predicted molar refractivity (Wildman–Crippen MR) is 102 cm³/mol. The summed E-state index contributed by atoms with van der Waals surface area (Å²) in [5, 5.41) is 4.35. The fraction of sp³-hybridized carbons (Fsp3) is 0.600. The van der Waals surface area contributed by atoms with E-state index >= 15 is 0 Å². The van der Waals surface area contributed by atoms with Crippen LogP contribution in [0.15, 0.2) is 24.8 Å². The minimum atomic E-state index is -0.337. The Morgan fingerprint density at radius 1 is 1.23 bits per heavy atom. The molecule has 0 bridgehead atoms. The van der Waals surface area contributed by atoms with Gasteiger partial charge in [-0.1, -0.05) is 27.7 Å². The van der Waals surface area contributed by atoms with Gasteiger partial charge in [0.05, 0.1) is 23.8 Å². The van der Waals surface area contributed by atoms with E-state index in [2.05, 4.69) is 22.0 Å². The zero-order chi connectivity index (χ0) is 18.7. The van der Waals surface area contributed by atoms with Crippen molar-refractivity contribution in [2.75, 3.05) is 13.1 Å². The van der Waals surface area contributed by atoms with Crippen molar-refractivity contribution in [3.05, 3.63) is 30.5 Å². The van der Waals surface area contributed by atoms with E-state index in [0.29, 0.717) is 0 Å². The van der Waals surface area contributed by atoms with Crippen LogP contribution in [0.2, 0.25) is 0 Å². The highest BCUT2D eigenvalue weighted by molar-refractivity contribution is 5.81. The second kappa shape index (κ2) is 7.56. The Morgan fingerprint density at radius 2 is 2.04 bits per heavy atom. The Labute approximate surface area is 155 Å². The molecule has 140 valence electrons. The van der Waals surface area contributed by atoms with Crippen molar-refractivity contribution in [3.8, 4) is 11.3 Å². The van der Waals surface area contributed by atoms with Crippen molar-refractivity contribution >= 4 is 5.91 Å². The number of nitrogens with zero attached hydrogens (tertiary/aromatic N) is 5. The van der Waals surface area contributed by atoms with E-state index in [9.17, 15) is 4.79 Å². The first kappa shape index (κ1) is 18.5. The average molecular weight is 355 g/mol. The van der Waals surface area contributed by atoms with Gasteiger partial charge >= 0.3 is 0 Å². The van der Waals surface area contributed by atoms with Crippen LogP contribution in [0, 0.1) is 5.41 Å². The Bertz CT molecular complexity index is 744. The van der Waals surface area contributed by atoms with Gasteiger partial charge in [-0.15, -0.1) is 0 Å². The van der Waals surface area contributed by atoms with E-state index in [0.717, 1.165) is 55.8 Å². The Kier molecular flexibility index (Phi) is 5.39. The molecule has 3 rings (SSSR count). The van der Waals surface area contributed by atoms with Gasteiger partial charge in [0, 0.05) is 48.9 Å². The minimum Gasteiger partial charge on any atom is -0.342 e. The van der Waals surface area contributed by atoms with Gasteiger partial charge in [-0.25, -0.2) is 0 Å². The van der Waals surface area contributed by atoms with Crippen LogP contribution in [-0.2, 0) is 11.3 Å². The van der Waals surface area contributed by atoms with Crippen molar-refractivity contribution in [1.82, 2.24) is 24.6 Å². The second-order valence-electron chi connectivity index (χ2n) is 8.16. The lowest BCUT2D eigenvalue weighted by Crippen LogP contribution is -2.44. The monoisotopic (exact) mass is 355 g/mol. The number of aromatic nitrogens is 4. The summed E-state index contributed by atoms with van der Waals surface area (Å²) >= 11 is 0. The molecule has 1 amide bonds. The lowest BCUT2D eigenvalue weighted by molar-refractivity contribution is -0.140. The number of rotatable bonds is 4. The highest BCUT2D eigenvalue weighted by atomic mass is 16.2. The van der Waals surface area contributed by atoms with Crippen LogP contribution in [0.1, 0.15) is 58.6 Å². The molecule has 2 aromatic heterocycles. The molecule has 1 saturated heterocycles. The molecule has 1 fully saturated rings. The van der Waals surface area contributed by atoms with Gasteiger partial charge in [0.15, 0.2) is 0 Å². The molecule has 1 aliphatic heterocycles. The van der Waals surface area contributed by atoms with E-state index in [-0.39, 0.29) is 17.2 Å². The van der Waals surface area contributed by atoms with Crippen LogP contribution in [0.4, 0.5) is 0 Å². The van der Waals surface area contributed by atoms with Crippen molar-refractivity contribution in [2.45, 2.75) is 59.4 Å². The third-order valence-electron chi connectivity index (χ3n) is 4.82. The molecule has 1 aliphatic rings. The normalized spacial score (nSPS) is 18.2. The SMILES string of the molecule is CCCn1cc(-c2cnc([C@H]3CCCN(C(=O)C(C)(C)C)C3)cn2)cn1. The number of hydrogen-bond acceptors (Lipinski definition) is 4. The molecule has 0 radical (unpaired) electrons. The van der Waals surface area contributed by atoms with E-state index < -0.39 is 0 Å². The van der Waals surface area contributed by atoms with E-state index in [1.165, 1.54) is 0 Å². The Hall–Kier alpha value is -2.24. The van der Waals surface area contributed by atoms with Gasteiger partial charge in [0.25, 0.3) is 0 Å². The molecule has 0 aliphatic carbocycles. The van der Waals surface area contributed by atoms with Gasteiger partial charge in [0.2, 0.25) is 5.91 Å². The van der Waals surface area contributed by atoms with Gasteiger partial charge in [0.1, 0.15) is 0 Å². The summed E-state index contributed by atoms with van der Waals surface area (Å²) < 4.78 is 1.93. The van der Waals surface area contributed by atoms with E-state index in [1.807, 2.05) is 55.1 Å². The van der Waals surface area contributed by atoms with Crippen molar-refractivity contribution in [1.29, 1.82) is 0 Å². The Morgan fingerprint density at radius 3 is 2.69 bits per heavy atom. The highest BCUT2D eigenvalue weighted by Gasteiger charge is 2.31. The van der Waals surface area contributed by atoms with E-state index in [1.54, 1.807) is 0 Å². The van der Waals surface area contributed by atoms with Crippen molar-refractivity contribution in [3.63, 3.8) is 0 Å². The first-order valence-corrected chi connectivity index (χ1v) is 9.52. The zero-order valence-corrected chi connectivity index (χ0v) is 16.3. The summed E-state index contributed by atoms with van der Waals surface area (Å²) in [6, 6.07) is 0. The number of likely N-dealkylation sites (tertiary alicyclic amines) is 1. The average Bonchev–Trinajstić information content (AvgIpc) is 3.09. The van der Waals surface area contributed by atoms with E-state index in [4.69, 9.17) is 0 Å². The van der Waals surface area contributed by atoms with Crippen LogP contribution in [-0.4, -0.2) is 43.6 Å². The number of carbonyl (C=O) groups excluding carboxylic acids is 1. The lowest BCUT2D eigenvalue weighted by atomic mass is 9.90. The van der Waals surface area contributed by atoms with Gasteiger partial charge in [-0.05, 0) is 19.3 Å². The van der Waals surface area contributed by atoms with Crippen LogP contribution in [0.3, 0.4) is 0 Å². The molecule has 0 saturated carbocycles. The molecule has 3 heterocycles. The largest absolute Gasteiger partial charge is 0.342 e. The quantitative estimate of drug-likeness (QED) is 0.842. The second-order valence-corrected chi connectivity index (χ2v) is 8.16. The van der Waals surface area contributed by atoms with Gasteiger partial charge in [-0.2, -0.15) is 5.10 Å². The maximum Gasteiger partial charge on any atom is 0.227 e. The molecule has 2 aromatic rings. The summed E-state index contributed by atoms with van der Waals surface area (Å²) in [5.41, 5.74) is 2.47. The topological polar surface area (TPSA) is 63.9 Å². The van der Waals surface area contributed by atoms with Gasteiger partial charge in [-0.3, -0.25) is 19.4 Å². The van der Waals surface area contributed by atoms with Crippen LogP contribution in [0.25, 0.3) is 11.3 Å². The standard InChI is InChI=1S/C20H29N5O/c1-5-8-25-14-16(10-23-25)18-12-21-17(11-22-18)15-7-6-9-24(13-15)19(26)20(2,3)4/h10-12,14-15H,5-9,13H2,1-4H3/t15-/m0/s1. The summed E-state index contributed by atoms with van der Waals surface area (Å²) in [6.07, 6.45) is 10.7. The molecule has 0 unspecified atom stereocenters. The summed E-state index contributed by atoms with van der Waals surface area (Å²) in [6.45, 7) is 10.6. The summed E-state index contributed by atoms with van der Waals surface area (Å²) in [7, 11) is 0. The number of carbonyl (C=O) groups is 1. The number of amides is 1. The van der Waals surface area contributed by atoms with Crippen molar-refractivity contribution in [2.24, 2.45) is 5.41 Å². The molecule has 1 atom stereocenters. The molecule has 0 N–H and O–H groups in total. The molecule has 0 spiro atoms. The minimum absolute atomic E-state index is 0.218. The molecule has 6 nitrogen and oxygen atoms in total. The zero-order valence-electron chi connectivity index (χ0n) is 16.3. The fourth-order valence-corrected chi connectivity index (χ4v) is 3.42. The third-order valence-corrected chi connectivity index (χ3v) is 4.82. The first-order valence-electron chi connectivity index (χ1n) is 9.52.